The molecule has 0 saturated carbocycles. The number of hydrogen-bond donors (Lipinski definition) is 2. The first-order valence-electron chi connectivity index (χ1n) is 6.13. The van der Waals surface area contributed by atoms with Gasteiger partial charge in [-0.15, -0.1) is 0 Å². The number of nitrogens with zero attached hydrogens (tertiary/aromatic N) is 1. The number of aryl methyl sites for hydroxylation is 2. The van der Waals surface area contributed by atoms with Gasteiger partial charge in [0.2, 0.25) is 0 Å². The Bertz CT molecular complexity index is 625. The lowest BCUT2D eigenvalue weighted by Gasteiger charge is -2.08. The molecule has 0 bridgehead atoms. The molecule has 0 unspecified atom stereocenters. The zero-order chi connectivity index (χ0) is 14.0. The minimum atomic E-state index is 0.0347. The predicted molar refractivity (Wildman–Crippen MR) is 77.6 cm³/mol. The monoisotopic (exact) mass is 255 g/mol. The Morgan fingerprint density at radius 3 is 2.21 bits per heavy atom. The van der Waals surface area contributed by atoms with Crippen LogP contribution in [0.3, 0.4) is 0 Å². The lowest BCUT2D eigenvalue weighted by atomic mass is 10.1. The molecule has 0 radical (unpaired) electrons. The quantitative estimate of drug-likeness (QED) is 0.801. The largest absolute Gasteiger partial charge is 0.508 e. The van der Waals surface area contributed by atoms with E-state index in [0.29, 0.717) is 5.56 Å². The molecule has 0 aliphatic carbocycles. The second-order valence-corrected chi connectivity index (χ2v) is 4.64. The minimum Gasteiger partial charge on any atom is -0.508 e. The maximum atomic E-state index is 9.84. The second-order valence-electron chi connectivity index (χ2n) is 4.64. The predicted octanol–water partition coefficient (Wildman–Crippen LogP) is 3.86. The molecule has 0 aliphatic rings. The molecule has 0 amide bonds. The van der Waals surface area contributed by atoms with Gasteiger partial charge >= 0.3 is 0 Å². The number of para-hydroxylation sites is 1. The molecular weight excluding hydrogens is 238 g/mol. The average molecular weight is 255 g/mol. The van der Waals surface area contributed by atoms with Gasteiger partial charge in [-0.3, -0.25) is 4.99 Å². The van der Waals surface area contributed by atoms with E-state index in [9.17, 15) is 10.2 Å². The Morgan fingerprint density at radius 1 is 1.00 bits per heavy atom. The molecule has 0 aromatic heterocycles. The molecule has 3 nitrogen and oxygen atoms in total. The SMILES string of the molecule is CC(=Nc1c(C)cccc1C)c1ccc(O)cc1O. The van der Waals surface area contributed by atoms with E-state index < -0.39 is 0 Å². The maximum Gasteiger partial charge on any atom is 0.128 e. The fourth-order valence-electron chi connectivity index (χ4n) is 2.04. The second kappa shape index (κ2) is 5.14. The van der Waals surface area contributed by atoms with Crippen LogP contribution >= 0.6 is 0 Å². The van der Waals surface area contributed by atoms with Crippen LogP contribution < -0.4 is 0 Å². The lowest BCUT2D eigenvalue weighted by Crippen LogP contribution is -1.95. The van der Waals surface area contributed by atoms with Crippen LogP contribution in [0.2, 0.25) is 0 Å². The van der Waals surface area contributed by atoms with Gasteiger partial charge in [0, 0.05) is 17.3 Å². The normalized spacial score (nSPS) is 11.6. The maximum absolute atomic E-state index is 9.84. The highest BCUT2D eigenvalue weighted by molar-refractivity contribution is 6.02. The highest BCUT2D eigenvalue weighted by Gasteiger charge is 2.07. The van der Waals surface area contributed by atoms with Crippen LogP contribution in [0, 0.1) is 13.8 Å². The van der Waals surface area contributed by atoms with Crippen molar-refractivity contribution in [2.75, 3.05) is 0 Å². The smallest absolute Gasteiger partial charge is 0.128 e. The van der Waals surface area contributed by atoms with Crippen molar-refractivity contribution in [3.05, 3.63) is 53.1 Å². The number of aliphatic imine (C=N–C) groups is 1. The number of phenols is 2. The Kier molecular flexibility index (Phi) is 3.56. The first-order chi connectivity index (χ1) is 8.99. The van der Waals surface area contributed by atoms with Gasteiger partial charge in [0.15, 0.2) is 0 Å². The Balaban J connectivity index is 2.49. The number of benzene rings is 2. The van der Waals surface area contributed by atoms with Crippen molar-refractivity contribution < 1.29 is 10.2 Å². The number of aromatic hydroxyl groups is 2. The van der Waals surface area contributed by atoms with Gasteiger partial charge in [-0.2, -0.15) is 0 Å². The third-order valence-electron chi connectivity index (χ3n) is 3.09. The van der Waals surface area contributed by atoms with E-state index >= 15 is 0 Å². The van der Waals surface area contributed by atoms with Gasteiger partial charge in [-0.05, 0) is 44.0 Å². The first kappa shape index (κ1) is 13.1. The topological polar surface area (TPSA) is 52.8 Å². The van der Waals surface area contributed by atoms with E-state index in [1.165, 1.54) is 6.07 Å². The van der Waals surface area contributed by atoms with Gasteiger partial charge in [0.05, 0.1) is 5.69 Å². The molecule has 0 heterocycles. The average Bonchev–Trinajstić information content (AvgIpc) is 2.33. The van der Waals surface area contributed by atoms with Gasteiger partial charge in [0.1, 0.15) is 11.5 Å². The van der Waals surface area contributed by atoms with E-state index in [-0.39, 0.29) is 11.5 Å². The number of rotatable bonds is 2. The molecule has 0 saturated heterocycles. The Labute approximate surface area is 112 Å². The highest BCUT2D eigenvalue weighted by Crippen LogP contribution is 2.27. The third kappa shape index (κ3) is 2.76. The highest BCUT2D eigenvalue weighted by atomic mass is 16.3. The van der Waals surface area contributed by atoms with Gasteiger partial charge in [-0.1, -0.05) is 18.2 Å². The van der Waals surface area contributed by atoms with E-state index in [1.54, 1.807) is 12.1 Å². The van der Waals surface area contributed by atoms with E-state index in [0.717, 1.165) is 22.5 Å². The van der Waals surface area contributed by atoms with Crippen molar-refractivity contribution in [2.45, 2.75) is 20.8 Å². The summed E-state index contributed by atoms with van der Waals surface area (Å²) in [5.74, 6) is 0.0774. The summed E-state index contributed by atoms with van der Waals surface area (Å²) < 4.78 is 0. The fourth-order valence-corrected chi connectivity index (χ4v) is 2.04. The minimum absolute atomic E-state index is 0.0347. The Hall–Kier alpha value is -2.29. The van der Waals surface area contributed by atoms with E-state index in [2.05, 4.69) is 4.99 Å². The van der Waals surface area contributed by atoms with Crippen molar-refractivity contribution in [2.24, 2.45) is 4.99 Å². The fraction of sp³-hybridized carbons (Fsp3) is 0.188. The van der Waals surface area contributed by atoms with Crippen LogP contribution in [0.5, 0.6) is 11.5 Å². The first-order valence-corrected chi connectivity index (χ1v) is 6.13. The van der Waals surface area contributed by atoms with Crippen LogP contribution in [0.4, 0.5) is 5.69 Å². The van der Waals surface area contributed by atoms with Crippen molar-refractivity contribution >= 4 is 11.4 Å². The molecule has 2 rings (SSSR count). The molecule has 2 aromatic carbocycles. The van der Waals surface area contributed by atoms with Crippen LogP contribution in [0.15, 0.2) is 41.4 Å². The third-order valence-corrected chi connectivity index (χ3v) is 3.09. The summed E-state index contributed by atoms with van der Waals surface area (Å²) >= 11 is 0. The molecule has 0 fully saturated rings. The summed E-state index contributed by atoms with van der Waals surface area (Å²) in [5.41, 5.74) is 4.46. The summed E-state index contributed by atoms with van der Waals surface area (Å²) in [6, 6.07) is 10.5. The summed E-state index contributed by atoms with van der Waals surface area (Å²) in [6.07, 6.45) is 0. The molecule has 0 spiro atoms. The summed E-state index contributed by atoms with van der Waals surface area (Å²) in [7, 11) is 0. The number of phenolic OH excluding ortho intramolecular Hbond substituents is 2. The molecular formula is C16H17NO2. The molecule has 2 aromatic rings. The Morgan fingerprint density at radius 2 is 1.63 bits per heavy atom. The van der Waals surface area contributed by atoms with Crippen molar-refractivity contribution in [1.29, 1.82) is 0 Å². The summed E-state index contributed by atoms with van der Waals surface area (Å²) in [6.45, 7) is 5.86. The van der Waals surface area contributed by atoms with Crippen molar-refractivity contribution in [3.63, 3.8) is 0 Å². The van der Waals surface area contributed by atoms with Crippen LogP contribution in [-0.2, 0) is 0 Å². The van der Waals surface area contributed by atoms with Crippen molar-refractivity contribution in [1.82, 2.24) is 0 Å². The van der Waals surface area contributed by atoms with E-state index in [4.69, 9.17) is 0 Å². The standard InChI is InChI=1S/C16H17NO2/c1-10-5-4-6-11(2)16(10)17-12(3)14-8-7-13(18)9-15(14)19/h4-9,18-19H,1-3H3. The molecule has 98 valence electrons. The van der Waals surface area contributed by atoms with Crippen LogP contribution in [-0.4, -0.2) is 15.9 Å². The van der Waals surface area contributed by atoms with Crippen molar-refractivity contribution in [3.8, 4) is 11.5 Å². The summed E-state index contributed by atoms with van der Waals surface area (Å²) in [5, 5.41) is 19.1. The molecule has 3 heteroatoms. The van der Waals surface area contributed by atoms with Crippen LogP contribution in [0.1, 0.15) is 23.6 Å². The molecule has 19 heavy (non-hydrogen) atoms. The zero-order valence-electron chi connectivity index (χ0n) is 11.3. The summed E-state index contributed by atoms with van der Waals surface area (Å²) in [4.78, 5) is 4.59. The zero-order valence-corrected chi connectivity index (χ0v) is 11.3. The van der Waals surface area contributed by atoms with Gasteiger partial charge in [0.25, 0.3) is 0 Å². The van der Waals surface area contributed by atoms with Crippen LogP contribution in [0.25, 0.3) is 0 Å². The van der Waals surface area contributed by atoms with Gasteiger partial charge < -0.3 is 10.2 Å². The molecule has 0 aliphatic heterocycles. The lowest BCUT2D eigenvalue weighted by molar-refractivity contribution is 0.450. The molecule has 2 N–H and O–H groups in total. The van der Waals surface area contributed by atoms with E-state index in [1.807, 2.05) is 39.0 Å². The number of hydrogen-bond acceptors (Lipinski definition) is 3. The molecule has 0 atom stereocenters. The van der Waals surface area contributed by atoms with Gasteiger partial charge in [-0.25, -0.2) is 0 Å².